The van der Waals surface area contributed by atoms with Crippen molar-refractivity contribution in [3.8, 4) is 0 Å². The fourth-order valence-electron chi connectivity index (χ4n) is 1.34. The fraction of sp³-hybridized carbons (Fsp3) is 0.308. The Labute approximate surface area is 85.5 Å². The first-order valence-electron chi connectivity index (χ1n) is 4.92. The maximum atomic E-state index is 11.4. The lowest BCUT2D eigenvalue weighted by atomic mass is 10.0. The molecule has 1 heteroatoms. The van der Waals surface area contributed by atoms with E-state index in [0.717, 1.165) is 11.1 Å². The van der Waals surface area contributed by atoms with Crippen LogP contribution in [0.1, 0.15) is 31.4 Å². The van der Waals surface area contributed by atoms with Gasteiger partial charge in [-0.05, 0) is 36.6 Å². The zero-order chi connectivity index (χ0) is 10.6. The summed E-state index contributed by atoms with van der Waals surface area (Å²) in [6.07, 6.45) is 2.54. The Morgan fingerprint density at radius 3 is 2.57 bits per heavy atom. The largest absolute Gasteiger partial charge is 0.295 e. The van der Waals surface area contributed by atoms with Gasteiger partial charge in [-0.3, -0.25) is 4.79 Å². The third-order valence-electron chi connectivity index (χ3n) is 2.32. The van der Waals surface area contributed by atoms with Gasteiger partial charge in [0.05, 0.1) is 0 Å². The van der Waals surface area contributed by atoms with Crippen LogP contribution in [0.25, 0.3) is 6.08 Å². The highest BCUT2D eigenvalue weighted by Gasteiger charge is 2.01. The fourth-order valence-corrected chi connectivity index (χ4v) is 1.34. The van der Waals surface area contributed by atoms with Crippen LogP contribution in [0.4, 0.5) is 0 Å². The summed E-state index contributed by atoms with van der Waals surface area (Å²) >= 11 is 0. The normalized spacial score (nSPS) is 11.5. The van der Waals surface area contributed by atoms with Gasteiger partial charge in [0.15, 0.2) is 5.78 Å². The lowest BCUT2D eigenvalue weighted by Crippen LogP contribution is -1.96. The summed E-state index contributed by atoms with van der Waals surface area (Å²) in [5.41, 5.74) is 3.17. The lowest BCUT2D eigenvalue weighted by molar-refractivity contribution is -0.115. The van der Waals surface area contributed by atoms with E-state index in [4.69, 9.17) is 0 Å². The number of hydrogen-bond acceptors (Lipinski definition) is 1. The third-order valence-corrected chi connectivity index (χ3v) is 2.32. The summed E-state index contributed by atoms with van der Waals surface area (Å²) in [5, 5.41) is 0. The molecule has 1 aromatic carbocycles. The molecule has 0 bridgehead atoms. The van der Waals surface area contributed by atoms with Gasteiger partial charge in [-0.15, -0.1) is 0 Å². The van der Waals surface area contributed by atoms with Crippen molar-refractivity contribution in [1.82, 2.24) is 0 Å². The third kappa shape index (κ3) is 2.56. The van der Waals surface area contributed by atoms with Gasteiger partial charge in [-0.2, -0.15) is 0 Å². The van der Waals surface area contributed by atoms with Crippen LogP contribution in [0.3, 0.4) is 0 Å². The average Bonchev–Trinajstić information content (AvgIpc) is 2.20. The number of hydrogen-bond donors (Lipinski definition) is 0. The second kappa shape index (κ2) is 4.75. The molecule has 0 amide bonds. The second-order valence-electron chi connectivity index (χ2n) is 3.46. The molecule has 0 heterocycles. The Hall–Kier alpha value is -1.37. The van der Waals surface area contributed by atoms with Crippen molar-refractivity contribution in [2.75, 3.05) is 0 Å². The quantitative estimate of drug-likeness (QED) is 0.664. The minimum Gasteiger partial charge on any atom is -0.295 e. The molecule has 0 spiro atoms. The molecular weight excluding hydrogens is 172 g/mol. The molecule has 1 rings (SSSR count). The number of benzene rings is 1. The molecule has 0 N–H and O–H groups in total. The number of carbonyl (C=O) groups is 1. The number of rotatable bonds is 3. The molecule has 0 aliphatic rings. The van der Waals surface area contributed by atoms with Crippen LogP contribution in [0, 0.1) is 6.92 Å². The van der Waals surface area contributed by atoms with E-state index in [2.05, 4.69) is 13.0 Å². The molecule has 0 fully saturated rings. The van der Waals surface area contributed by atoms with Crippen molar-refractivity contribution in [3.05, 3.63) is 41.0 Å². The zero-order valence-electron chi connectivity index (χ0n) is 9.00. The summed E-state index contributed by atoms with van der Waals surface area (Å²) < 4.78 is 0. The monoisotopic (exact) mass is 188 g/mol. The molecule has 1 aromatic rings. The highest BCUT2D eigenvalue weighted by Crippen LogP contribution is 2.12. The highest BCUT2D eigenvalue weighted by molar-refractivity contribution is 5.98. The van der Waals surface area contributed by atoms with Crippen molar-refractivity contribution in [3.63, 3.8) is 0 Å². The topological polar surface area (TPSA) is 17.1 Å². The van der Waals surface area contributed by atoms with Gasteiger partial charge >= 0.3 is 0 Å². The Balaban J connectivity index is 2.97. The van der Waals surface area contributed by atoms with Crippen molar-refractivity contribution in [1.29, 1.82) is 0 Å². The first-order valence-corrected chi connectivity index (χ1v) is 4.92. The molecule has 74 valence electrons. The van der Waals surface area contributed by atoms with Gasteiger partial charge in [0.25, 0.3) is 0 Å². The van der Waals surface area contributed by atoms with E-state index in [-0.39, 0.29) is 5.78 Å². The van der Waals surface area contributed by atoms with Crippen LogP contribution >= 0.6 is 0 Å². The summed E-state index contributed by atoms with van der Waals surface area (Å²) in [4.78, 5) is 11.4. The highest BCUT2D eigenvalue weighted by atomic mass is 16.1. The number of ketones is 1. The Morgan fingerprint density at radius 1 is 1.36 bits per heavy atom. The molecule has 0 atom stereocenters. The van der Waals surface area contributed by atoms with Crippen LogP contribution in [0.15, 0.2) is 29.8 Å². The van der Waals surface area contributed by atoms with Gasteiger partial charge in [0.1, 0.15) is 0 Å². The standard InChI is InChI=1S/C13H16O/c1-4-13(14)11(3)9-12-8-6-5-7-10(12)2/h5-9H,4H2,1-3H3/b11-9+. The molecule has 14 heavy (non-hydrogen) atoms. The first kappa shape index (κ1) is 10.7. The summed E-state index contributed by atoms with van der Waals surface area (Å²) in [6.45, 7) is 5.81. The average molecular weight is 188 g/mol. The minimum atomic E-state index is 0.216. The maximum Gasteiger partial charge on any atom is 0.158 e. The molecule has 0 saturated carbocycles. The molecule has 0 unspecified atom stereocenters. The lowest BCUT2D eigenvalue weighted by Gasteiger charge is -2.01. The van der Waals surface area contributed by atoms with Gasteiger partial charge < -0.3 is 0 Å². The predicted molar refractivity (Wildman–Crippen MR) is 60.1 cm³/mol. The van der Waals surface area contributed by atoms with Crippen molar-refractivity contribution in [2.45, 2.75) is 27.2 Å². The predicted octanol–water partition coefficient (Wildman–Crippen LogP) is 3.38. The number of allylic oxidation sites excluding steroid dienone is 1. The molecular formula is C13H16O. The van der Waals surface area contributed by atoms with Crippen molar-refractivity contribution >= 4 is 11.9 Å². The molecule has 0 radical (unpaired) electrons. The Kier molecular flexibility index (Phi) is 3.63. The number of carbonyl (C=O) groups excluding carboxylic acids is 1. The van der Waals surface area contributed by atoms with E-state index in [1.807, 2.05) is 38.1 Å². The summed E-state index contributed by atoms with van der Waals surface area (Å²) in [6, 6.07) is 8.07. The van der Waals surface area contributed by atoms with Gasteiger partial charge in [0.2, 0.25) is 0 Å². The molecule has 0 saturated heterocycles. The summed E-state index contributed by atoms with van der Waals surface area (Å²) in [5.74, 6) is 0.216. The van der Waals surface area contributed by atoms with E-state index in [0.29, 0.717) is 6.42 Å². The van der Waals surface area contributed by atoms with E-state index in [1.165, 1.54) is 5.56 Å². The van der Waals surface area contributed by atoms with Gasteiger partial charge in [-0.1, -0.05) is 31.2 Å². The SMILES string of the molecule is CCC(=O)/C(C)=C/c1ccccc1C. The minimum absolute atomic E-state index is 0.216. The molecule has 0 aliphatic heterocycles. The van der Waals surface area contributed by atoms with Crippen LogP contribution in [-0.2, 0) is 4.79 Å². The Morgan fingerprint density at radius 2 is 2.00 bits per heavy atom. The van der Waals surface area contributed by atoms with Crippen LogP contribution in [-0.4, -0.2) is 5.78 Å². The summed E-state index contributed by atoms with van der Waals surface area (Å²) in [7, 11) is 0. The maximum absolute atomic E-state index is 11.4. The van der Waals surface area contributed by atoms with Gasteiger partial charge in [0, 0.05) is 6.42 Å². The second-order valence-corrected chi connectivity index (χ2v) is 3.46. The van der Waals surface area contributed by atoms with Crippen molar-refractivity contribution < 1.29 is 4.79 Å². The van der Waals surface area contributed by atoms with E-state index < -0.39 is 0 Å². The number of Topliss-reactive ketones (excluding diaryl/α,β-unsaturated/α-hetero) is 1. The van der Waals surface area contributed by atoms with Crippen LogP contribution in [0.2, 0.25) is 0 Å². The van der Waals surface area contributed by atoms with E-state index >= 15 is 0 Å². The van der Waals surface area contributed by atoms with Crippen LogP contribution < -0.4 is 0 Å². The Bertz CT molecular complexity index is 361. The molecule has 1 nitrogen and oxygen atoms in total. The van der Waals surface area contributed by atoms with Crippen molar-refractivity contribution in [2.24, 2.45) is 0 Å². The van der Waals surface area contributed by atoms with E-state index in [1.54, 1.807) is 0 Å². The van der Waals surface area contributed by atoms with Gasteiger partial charge in [-0.25, -0.2) is 0 Å². The zero-order valence-corrected chi connectivity index (χ0v) is 9.00. The first-order chi connectivity index (χ1) is 6.65. The smallest absolute Gasteiger partial charge is 0.158 e. The molecule has 0 aromatic heterocycles. The number of aryl methyl sites for hydroxylation is 1. The van der Waals surface area contributed by atoms with Crippen LogP contribution in [0.5, 0.6) is 0 Å². The molecule has 0 aliphatic carbocycles. The van der Waals surface area contributed by atoms with E-state index in [9.17, 15) is 4.79 Å².